The van der Waals surface area contributed by atoms with Crippen molar-refractivity contribution < 1.29 is 25.2 Å². The molecule has 1 rings (SSSR count). The average molecular weight is 229 g/mol. The van der Waals surface area contributed by atoms with Crippen LogP contribution in [0.25, 0.3) is 0 Å². The highest BCUT2D eigenvalue weighted by molar-refractivity contribution is 9.10. The van der Waals surface area contributed by atoms with Gasteiger partial charge in [0.1, 0.15) is 18.3 Å². The number of alkyl halides is 1. The molecule has 11 heavy (non-hydrogen) atoms. The fourth-order valence-corrected chi connectivity index (χ4v) is 1.42. The molecule has 0 bridgehead atoms. The fraction of sp³-hybridized carbons (Fsp3) is 1.00. The van der Waals surface area contributed by atoms with E-state index in [1.54, 1.807) is 0 Å². The summed E-state index contributed by atoms with van der Waals surface area (Å²) in [6, 6.07) is 0. The van der Waals surface area contributed by atoms with Crippen LogP contribution in [-0.2, 0) is 4.74 Å². The zero-order valence-electron chi connectivity index (χ0n) is 5.51. The van der Waals surface area contributed by atoms with Gasteiger partial charge >= 0.3 is 0 Å². The molecule has 1 aliphatic rings. The maximum absolute atomic E-state index is 9.11. The Morgan fingerprint density at radius 1 is 1.45 bits per heavy atom. The van der Waals surface area contributed by atoms with Gasteiger partial charge in [0.2, 0.25) is 0 Å². The van der Waals surface area contributed by atoms with Crippen molar-refractivity contribution in [2.75, 3.05) is 6.61 Å². The zero-order valence-corrected chi connectivity index (χ0v) is 7.10. The topological polar surface area (TPSA) is 90.2 Å². The Kier molecular flexibility index (Phi) is 2.53. The Bertz CT molecular complexity index is 150. The first-order valence-electron chi connectivity index (χ1n) is 3.05. The molecule has 6 heteroatoms. The van der Waals surface area contributed by atoms with E-state index in [4.69, 9.17) is 20.4 Å². The number of halogens is 1. The largest absolute Gasteiger partial charge is 0.394 e. The molecular formula is C5H9BrO5. The van der Waals surface area contributed by atoms with Crippen LogP contribution in [-0.4, -0.2) is 50.0 Å². The Hall–Kier alpha value is 0.280. The molecule has 5 nitrogen and oxygen atoms in total. The normalized spacial score (nSPS) is 51.5. The van der Waals surface area contributed by atoms with E-state index < -0.39 is 29.6 Å². The first-order valence-corrected chi connectivity index (χ1v) is 3.84. The Labute approximate surface area is 71.4 Å². The quantitative estimate of drug-likeness (QED) is 0.396. The molecule has 0 saturated carbocycles. The van der Waals surface area contributed by atoms with Gasteiger partial charge in [-0.3, -0.25) is 0 Å². The molecule has 0 aromatic rings. The van der Waals surface area contributed by atoms with Gasteiger partial charge in [0.05, 0.1) is 6.61 Å². The molecule has 0 aliphatic carbocycles. The molecule has 0 amide bonds. The summed E-state index contributed by atoms with van der Waals surface area (Å²) in [7, 11) is 0. The van der Waals surface area contributed by atoms with Gasteiger partial charge in [-0.2, -0.15) is 0 Å². The van der Waals surface area contributed by atoms with Crippen LogP contribution in [0, 0.1) is 0 Å². The molecule has 1 unspecified atom stereocenters. The minimum Gasteiger partial charge on any atom is -0.394 e. The van der Waals surface area contributed by atoms with Crippen molar-refractivity contribution in [1.82, 2.24) is 0 Å². The third kappa shape index (κ3) is 1.56. The van der Waals surface area contributed by atoms with Crippen molar-refractivity contribution in [2.45, 2.75) is 23.0 Å². The monoisotopic (exact) mass is 228 g/mol. The van der Waals surface area contributed by atoms with E-state index in [9.17, 15) is 0 Å². The van der Waals surface area contributed by atoms with Crippen LogP contribution in [0.15, 0.2) is 0 Å². The molecule has 0 aromatic carbocycles. The standard InChI is InChI=1S/C5H9BrO5/c6-5(10)4(9)3(8)2(1-7)11-5/h2-4,7-10H,1H2/t2-,3-,4-,5?/m1/s1. The van der Waals surface area contributed by atoms with E-state index in [2.05, 4.69) is 20.7 Å². The number of aliphatic hydroxyl groups is 4. The SMILES string of the molecule is OC[C@H]1OC(O)(Br)[C@H](O)[C@@H]1O. The maximum Gasteiger partial charge on any atom is 0.254 e. The summed E-state index contributed by atoms with van der Waals surface area (Å²) in [5.74, 6) is 0. The molecule has 0 radical (unpaired) electrons. The molecule has 1 fully saturated rings. The predicted molar refractivity (Wildman–Crippen MR) is 37.8 cm³/mol. The summed E-state index contributed by atoms with van der Waals surface area (Å²) in [4.78, 5) is 0. The predicted octanol–water partition coefficient (Wildman–Crippen LogP) is -1.86. The van der Waals surface area contributed by atoms with Crippen molar-refractivity contribution >= 4 is 15.9 Å². The van der Waals surface area contributed by atoms with E-state index in [0.29, 0.717) is 0 Å². The van der Waals surface area contributed by atoms with E-state index >= 15 is 0 Å². The van der Waals surface area contributed by atoms with E-state index in [1.807, 2.05) is 0 Å². The van der Waals surface area contributed by atoms with Gasteiger partial charge in [-0.15, -0.1) is 0 Å². The highest BCUT2D eigenvalue weighted by Gasteiger charge is 2.51. The second kappa shape index (κ2) is 2.96. The molecule has 66 valence electrons. The van der Waals surface area contributed by atoms with Crippen molar-refractivity contribution in [3.63, 3.8) is 0 Å². The van der Waals surface area contributed by atoms with Gasteiger partial charge in [-0.25, -0.2) is 0 Å². The van der Waals surface area contributed by atoms with Gasteiger partial charge in [-0.1, -0.05) is 0 Å². The van der Waals surface area contributed by atoms with Gasteiger partial charge in [-0.05, 0) is 15.9 Å². The number of hydrogen-bond donors (Lipinski definition) is 4. The molecule has 4 atom stereocenters. The van der Waals surface area contributed by atoms with Crippen LogP contribution < -0.4 is 0 Å². The molecule has 4 N–H and O–H groups in total. The number of ether oxygens (including phenoxy) is 1. The number of rotatable bonds is 1. The second-order valence-corrected chi connectivity index (χ2v) is 3.52. The lowest BCUT2D eigenvalue weighted by Gasteiger charge is -2.17. The van der Waals surface area contributed by atoms with Crippen molar-refractivity contribution in [1.29, 1.82) is 0 Å². The highest BCUT2D eigenvalue weighted by atomic mass is 79.9. The average Bonchev–Trinajstić information content (AvgIpc) is 2.13. The van der Waals surface area contributed by atoms with Crippen molar-refractivity contribution in [2.24, 2.45) is 0 Å². The minimum atomic E-state index is -1.94. The summed E-state index contributed by atoms with van der Waals surface area (Å²) >= 11 is 2.64. The van der Waals surface area contributed by atoms with Crippen LogP contribution in [0.5, 0.6) is 0 Å². The molecule has 0 aromatic heterocycles. The fourth-order valence-electron chi connectivity index (χ4n) is 0.911. The first-order chi connectivity index (χ1) is 4.99. The second-order valence-electron chi connectivity index (χ2n) is 2.38. The van der Waals surface area contributed by atoms with Crippen LogP contribution in [0.2, 0.25) is 0 Å². The summed E-state index contributed by atoms with van der Waals surface area (Å²) in [5, 5.41) is 35.8. The molecule has 1 heterocycles. The van der Waals surface area contributed by atoms with E-state index in [0.717, 1.165) is 0 Å². The maximum atomic E-state index is 9.11. The van der Waals surface area contributed by atoms with Gasteiger partial charge < -0.3 is 25.2 Å². The highest BCUT2D eigenvalue weighted by Crippen LogP contribution is 2.33. The third-order valence-electron chi connectivity index (χ3n) is 1.57. The summed E-state index contributed by atoms with van der Waals surface area (Å²) < 4.78 is 2.70. The number of aliphatic hydroxyl groups excluding tert-OH is 3. The van der Waals surface area contributed by atoms with Crippen LogP contribution in [0.1, 0.15) is 0 Å². The van der Waals surface area contributed by atoms with Gasteiger partial charge in [0.25, 0.3) is 4.70 Å². The molecule has 0 spiro atoms. The molecule has 1 saturated heterocycles. The van der Waals surface area contributed by atoms with Crippen LogP contribution >= 0.6 is 15.9 Å². The zero-order chi connectivity index (χ0) is 8.65. The van der Waals surface area contributed by atoms with E-state index in [-0.39, 0.29) is 0 Å². The smallest absolute Gasteiger partial charge is 0.254 e. The van der Waals surface area contributed by atoms with Crippen molar-refractivity contribution in [3.05, 3.63) is 0 Å². The summed E-state index contributed by atoms with van der Waals surface area (Å²) in [5.41, 5.74) is 0. The lowest BCUT2D eigenvalue weighted by atomic mass is 10.1. The van der Waals surface area contributed by atoms with E-state index in [1.165, 1.54) is 0 Å². The molecule has 1 aliphatic heterocycles. The first kappa shape index (κ1) is 9.37. The number of hydrogen-bond acceptors (Lipinski definition) is 5. The minimum absolute atomic E-state index is 0.452. The van der Waals surface area contributed by atoms with Crippen molar-refractivity contribution in [3.8, 4) is 0 Å². The van der Waals surface area contributed by atoms with Gasteiger partial charge in [0, 0.05) is 0 Å². The molecular weight excluding hydrogens is 220 g/mol. The van der Waals surface area contributed by atoms with Crippen LogP contribution in [0.4, 0.5) is 0 Å². The third-order valence-corrected chi connectivity index (χ3v) is 2.22. The Morgan fingerprint density at radius 3 is 2.18 bits per heavy atom. The summed E-state index contributed by atoms with van der Waals surface area (Å²) in [6.45, 7) is -0.452. The lowest BCUT2D eigenvalue weighted by molar-refractivity contribution is -0.156. The Balaban J connectivity index is 2.69. The summed E-state index contributed by atoms with van der Waals surface area (Å²) in [6.07, 6.45) is -3.67. The van der Waals surface area contributed by atoms with Gasteiger partial charge in [0.15, 0.2) is 0 Å². The van der Waals surface area contributed by atoms with Crippen LogP contribution in [0.3, 0.4) is 0 Å². The Morgan fingerprint density at radius 2 is 2.00 bits per heavy atom. The lowest BCUT2D eigenvalue weighted by Crippen LogP contribution is -2.38.